The molecule has 2 atom stereocenters. The van der Waals surface area contributed by atoms with Gasteiger partial charge >= 0.3 is 13.7 Å². The third-order valence-corrected chi connectivity index (χ3v) is 9.03. The minimum Gasteiger partial charge on any atom is -0.497 e. The maximum atomic E-state index is 13.3. The molecule has 0 radical (unpaired) electrons. The van der Waals surface area contributed by atoms with Crippen LogP contribution >= 0.6 is 7.60 Å². The van der Waals surface area contributed by atoms with Crippen LogP contribution in [0.15, 0.2) is 53.4 Å². The predicted molar refractivity (Wildman–Crippen MR) is 187 cm³/mol. The molecule has 2 aromatic rings. The molecule has 0 unspecified atom stereocenters. The molecule has 5 N–H and O–H groups in total. The first-order valence-corrected chi connectivity index (χ1v) is 19.6. The van der Waals surface area contributed by atoms with Gasteiger partial charge in [-0.15, -0.1) is 0 Å². The Kier molecular flexibility index (Phi) is 23.0. The number of aliphatic hydroxyl groups excluding tert-OH is 1. The van der Waals surface area contributed by atoms with E-state index in [-0.39, 0.29) is 42.5 Å². The van der Waals surface area contributed by atoms with E-state index >= 15 is 0 Å². The van der Waals surface area contributed by atoms with E-state index in [0.29, 0.717) is 18.3 Å². The van der Waals surface area contributed by atoms with Crippen molar-refractivity contribution in [2.45, 2.75) is 78.2 Å². The van der Waals surface area contributed by atoms with Crippen LogP contribution in [0.2, 0.25) is 0 Å². The van der Waals surface area contributed by atoms with Crippen molar-refractivity contribution >= 4 is 23.7 Å². The molecular weight excluding hydrogens is 663 g/mol. The van der Waals surface area contributed by atoms with E-state index in [2.05, 4.69) is 5.32 Å². The summed E-state index contributed by atoms with van der Waals surface area (Å²) in [6.07, 6.45) is 0.591. The largest absolute Gasteiger partial charge is 0.497 e. The minimum atomic E-state index is -4.31. The molecule has 0 aromatic heterocycles. The van der Waals surface area contributed by atoms with Crippen LogP contribution in [-0.4, -0.2) is 91.2 Å². The Balaban J connectivity index is 0.00000156. The van der Waals surface area contributed by atoms with Crippen LogP contribution in [-0.2, 0) is 25.7 Å². The number of methoxy groups -OCH3 is 1. The lowest BCUT2D eigenvalue weighted by Gasteiger charge is -2.26. The van der Waals surface area contributed by atoms with Gasteiger partial charge in [0.25, 0.3) is 0 Å². The van der Waals surface area contributed by atoms with Crippen LogP contribution in [0.4, 0.5) is 4.79 Å². The SMILES string of the molecule is CC.CC.COc1ccc(S(=O)(=O)N(CC[C@H](Cc2ccc(OCP(=O)(O)O)cc2)NC(=O)O)CC(C)C)cc1.OCC[C@H]1CCOC1. The molecule has 2 aromatic carbocycles. The number of aliphatic hydroxyl groups is 1. The van der Waals surface area contributed by atoms with E-state index in [9.17, 15) is 22.9 Å². The molecule has 1 fully saturated rings. The first-order valence-electron chi connectivity index (χ1n) is 16.3. The Labute approximate surface area is 286 Å². The number of hydrogen-bond donors (Lipinski definition) is 5. The van der Waals surface area contributed by atoms with Crippen LogP contribution in [0.3, 0.4) is 0 Å². The van der Waals surface area contributed by atoms with Gasteiger partial charge in [-0.25, -0.2) is 13.2 Å². The first-order chi connectivity index (χ1) is 22.7. The third-order valence-electron chi connectivity index (χ3n) is 6.69. The van der Waals surface area contributed by atoms with Crippen LogP contribution in [0.5, 0.6) is 11.5 Å². The number of ether oxygens (including phenoxy) is 3. The average Bonchev–Trinajstić information content (AvgIpc) is 3.57. The zero-order chi connectivity index (χ0) is 36.8. The van der Waals surface area contributed by atoms with Gasteiger partial charge in [-0.1, -0.05) is 53.7 Å². The van der Waals surface area contributed by atoms with Crippen LogP contribution in [0, 0.1) is 11.8 Å². The Hall–Kier alpha value is -2.71. The molecule has 48 heavy (non-hydrogen) atoms. The first kappa shape index (κ1) is 45.3. The van der Waals surface area contributed by atoms with E-state index in [1.807, 2.05) is 41.5 Å². The Morgan fingerprint density at radius 3 is 2.08 bits per heavy atom. The van der Waals surface area contributed by atoms with Crippen molar-refractivity contribution in [3.8, 4) is 11.5 Å². The Morgan fingerprint density at radius 1 is 1.04 bits per heavy atom. The molecule has 1 aliphatic heterocycles. The molecule has 1 amide bonds. The number of nitrogens with one attached hydrogen (secondary N) is 1. The number of carboxylic acid groups (broad SMARTS) is 1. The Bertz CT molecular complexity index is 1280. The highest BCUT2D eigenvalue weighted by Crippen LogP contribution is 2.34. The van der Waals surface area contributed by atoms with Crippen molar-refractivity contribution in [3.63, 3.8) is 0 Å². The number of nitrogens with zero attached hydrogens (tertiary/aromatic N) is 1. The van der Waals surface area contributed by atoms with Crippen LogP contribution < -0.4 is 14.8 Å². The number of hydrogen-bond acceptors (Lipinski definition) is 8. The van der Waals surface area contributed by atoms with Gasteiger partial charge in [0.05, 0.1) is 12.0 Å². The van der Waals surface area contributed by atoms with Crippen molar-refractivity contribution in [2.24, 2.45) is 11.8 Å². The van der Waals surface area contributed by atoms with Gasteiger partial charge in [0.2, 0.25) is 10.0 Å². The van der Waals surface area contributed by atoms with Crippen molar-refractivity contribution in [2.75, 3.05) is 46.4 Å². The number of carbonyl (C=O) groups is 1. The van der Waals surface area contributed by atoms with Crippen LogP contribution in [0.1, 0.15) is 66.4 Å². The lowest BCUT2D eigenvalue weighted by molar-refractivity contribution is 0.175. The van der Waals surface area contributed by atoms with E-state index in [4.69, 9.17) is 29.1 Å². The number of sulfonamides is 1. The molecule has 0 saturated carbocycles. The summed E-state index contributed by atoms with van der Waals surface area (Å²) in [6, 6.07) is 11.9. The lowest BCUT2D eigenvalue weighted by Crippen LogP contribution is -2.41. The van der Waals surface area contributed by atoms with Gasteiger partial charge in [-0.2, -0.15) is 4.31 Å². The van der Waals surface area contributed by atoms with Crippen molar-refractivity contribution in [1.82, 2.24) is 9.62 Å². The van der Waals surface area contributed by atoms with Crippen molar-refractivity contribution in [1.29, 1.82) is 0 Å². The quantitative estimate of drug-likeness (QED) is 0.136. The fourth-order valence-electron chi connectivity index (χ4n) is 4.47. The molecular formula is C33H57N2O11PS. The summed E-state index contributed by atoms with van der Waals surface area (Å²) in [4.78, 5) is 29.3. The average molecular weight is 721 g/mol. The summed E-state index contributed by atoms with van der Waals surface area (Å²) in [5, 5.41) is 20.2. The van der Waals surface area contributed by atoms with Gasteiger partial charge in [0.15, 0.2) is 6.35 Å². The normalized spacial score (nSPS) is 14.8. The summed E-state index contributed by atoms with van der Waals surface area (Å²) < 4.78 is 54.2. The van der Waals surface area contributed by atoms with Gasteiger partial charge < -0.3 is 39.5 Å². The molecule has 1 aliphatic rings. The Morgan fingerprint density at radius 2 is 1.62 bits per heavy atom. The summed E-state index contributed by atoms with van der Waals surface area (Å²) in [6.45, 7) is 14.2. The topological polar surface area (TPSA) is 192 Å². The molecule has 3 rings (SSSR count). The molecule has 0 spiro atoms. The lowest BCUT2D eigenvalue weighted by atomic mass is 10.0. The minimum absolute atomic E-state index is 0.0459. The summed E-state index contributed by atoms with van der Waals surface area (Å²) in [7, 11) is -6.63. The molecule has 15 heteroatoms. The van der Waals surface area contributed by atoms with Crippen LogP contribution in [0.25, 0.3) is 0 Å². The molecule has 276 valence electrons. The maximum Gasteiger partial charge on any atom is 0.404 e. The molecule has 13 nitrogen and oxygen atoms in total. The number of benzene rings is 2. The van der Waals surface area contributed by atoms with Gasteiger partial charge in [0, 0.05) is 39.0 Å². The fraction of sp³-hybridized carbons (Fsp3) is 0.606. The standard InChI is InChI=1S/C23H33N2O9PS.C6H12O2.2C2H6/c1-17(2)15-25(36(31,32)22-10-8-20(33-3)9-11-22)13-12-19(24-23(26)27)14-18-4-6-21(7-5-18)34-16-35(28,29)30;7-3-1-6-2-4-8-5-6;2*1-2/h4-11,17,19,24H,12-16H2,1-3H3,(H,26,27)(H2,28,29,30);6-7H,1-5H2;2*1-2H3/t19-;6-;;/m10../s1. The van der Waals surface area contributed by atoms with E-state index < -0.39 is 36.1 Å². The highest BCUT2D eigenvalue weighted by Gasteiger charge is 2.27. The fourth-order valence-corrected chi connectivity index (χ4v) is 6.41. The number of rotatable bonds is 16. The molecule has 0 bridgehead atoms. The second-order valence-electron chi connectivity index (χ2n) is 10.9. The third kappa shape index (κ3) is 18.7. The number of amides is 1. The summed E-state index contributed by atoms with van der Waals surface area (Å²) in [5.74, 6) is 1.48. The summed E-state index contributed by atoms with van der Waals surface area (Å²) >= 11 is 0. The highest BCUT2D eigenvalue weighted by atomic mass is 32.2. The van der Waals surface area contributed by atoms with E-state index in [1.165, 1.54) is 35.7 Å². The van der Waals surface area contributed by atoms with E-state index in [1.54, 1.807) is 24.3 Å². The zero-order valence-electron chi connectivity index (χ0n) is 29.4. The molecule has 0 aliphatic carbocycles. The highest BCUT2D eigenvalue weighted by molar-refractivity contribution is 7.89. The smallest absolute Gasteiger partial charge is 0.404 e. The van der Waals surface area contributed by atoms with Crippen molar-refractivity contribution in [3.05, 3.63) is 54.1 Å². The molecule has 1 heterocycles. The van der Waals surface area contributed by atoms with Gasteiger partial charge in [-0.3, -0.25) is 4.57 Å². The maximum absolute atomic E-state index is 13.3. The summed E-state index contributed by atoms with van der Waals surface area (Å²) in [5.41, 5.74) is 0.741. The zero-order valence-corrected chi connectivity index (χ0v) is 31.1. The monoisotopic (exact) mass is 720 g/mol. The second-order valence-corrected chi connectivity index (χ2v) is 14.4. The van der Waals surface area contributed by atoms with Crippen molar-refractivity contribution < 1.29 is 52.0 Å². The van der Waals surface area contributed by atoms with E-state index in [0.717, 1.165) is 31.6 Å². The van der Waals surface area contributed by atoms with Gasteiger partial charge in [0.1, 0.15) is 11.5 Å². The predicted octanol–water partition coefficient (Wildman–Crippen LogP) is 5.58. The molecule has 1 saturated heterocycles. The second kappa shape index (κ2) is 24.4. The van der Waals surface area contributed by atoms with Gasteiger partial charge in [-0.05, 0) is 79.5 Å².